The summed E-state index contributed by atoms with van der Waals surface area (Å²) in [6.45, 7) is 1.76. The Morgan fingerprint density at radius 2 is 1.84 bits per heavy atom. The zero-order chi connectivity index (χ0) is 21.2. The smallest absolute Gasteiger partial charge is 0.260 e. The molecule has 0 spiro atoms. The number of rotatable bonds is 2. The number of nitrogens with one attached hydrogen (secondary N) is 1. The van der Waals surface area contributed by atoms with E-state index < -0.39 is 0 Å². The van der Waals surface area contributed by atoms with Gasteiger partial charge in [0.15, 0.2) is 6.61 Å². The van der Waals surface area contributed by atoms with E-state index in [9.17, 15) is 9.59 Å². The zero-order valence-electron chi connectivity index (χ0n) is 18.0. The summed E-state index contributed by atoms with van der Waals surface area (Å²) in [6.07, 6.45) is 6.44. The molecule has 6 rings (SSSR count). The molecule has 4 aliphatic heterocycles. The van der Waals surface area contributed by atoms with Crippen LogP contribution in [-0.4, -0.2) is 67.4 Å². The molecule has 1 saturated carbocycles. The topological polar surface area (TPSA) is 77.1 Å². The van der Waals surface area contributed by atoms with Gasteiger partial charge in [-0.1, -0.05) is 18.2 Å². The number of benzene rings is 1. The van der Waals surface area contributed by atoms with Crippen molar-refractivity contribution in [1.29, 1.82) is 0 Å². The molecule has 7 nitrogen and oxygen atoms in total. The van der Waals surface area contributed by atoms with Crippen molar-refractivity contribution in [3.63, 3.8) is 0 Å². The predicted molar refractivity (Wildman–Crippen MR) is 114 cm³/mol. The Morgan fingerprint density at radius 1 is 1.03 bits per heavy atom. The van der Waals surface area contributed by atoms with Gasteiger partial charge in [0.2, 0.25) is 5.91 Å². The normalized spacial score (nSPS) is 33.5. The average Bonchev–Trinajstić information content (AvgIpc) is 2.77. The van der Waals surface area contributed by atoms with Gasteiger partial charge in [-0.3, -0.25) is 9.59 Å². The lowest BCUT2D eigenvalue weighted by Gasteiger charge is -2.42. The van der Waals surface area contributed by atoms with E-state index in [0.717, 1.165) is 50.7 Å². The molecule has 1 N–H and O–H groups in total. The van der Waals surface area contributed by atoms with Gasteiger partial charge in [0.25, 0.3) is 5.91 Å². The lowest BCUT2D eigenvalue weighted by atomic mass is 9.82. The Balaban J connectivity index is 1.37. The molecular formula is C24H32N2O5. The fraction of sp³-hybridized carbons (Fsp3) is 0.667. The summed E-state index contributed by atoms with van der Waals surface area (Å²) in [7, 11) is 0. The number of fused-ring (bicyclic) bond motifs is 5. The van der Waals surface area contributed by atoms with E-state index in [4.69, 9.17) is 14.2 Å². The van der Waals surface area contributed by atoms with E-state index in [1.165, 1.54) is 5.56 Å². The highest BCUT2D eigenvalue weighted by molar-refractivity contribution is 5.82. The Labute approximate surface area is 183 Å². The van der Waals surface area contributed by atoms with Gasteiger partial charge >= 0.3 is 0 Å². The van der Waals surface area contributed by atoms with Crippen LogP contribution in [-0.2, 0) is 19.1 Å². The number of hydrogen-bond donors (Lipinski definition) is 1. The summed E-state index contributed by atoms with van der Waals surface area (Å²) >= 11 is 0. The Hall–Kier alpha value is -2.12. The highest BCUT2D eigenvalue weighted by Crippen LogP contribution is 2.38. The highest BCUT2D eigenvalue weighted by atomic mass is 16.5. The molecule has 168 valence electrons. The summed E-state index contributed by atoms with van der Waals surface area (Å²) in [5.74, 6) is 1.15. The Morgan fingerprint density at radius 3 is 2.61 bits per heavy atom. The number of para-hydroxylation sites is 1. The third kappa shape index (κ3) is 4.44. The van der Waals surface area contributed by atoms with Crippen molar-refractivity contribution in [1.82, 2.24) is 10.2 Å². The van der Waals surface area contributed by atoms with Crippen LogP contribution in [0.3, 0.4) is 0 Å². The van der Waals surface area contributed by atoms with Crippen molar-refractivity contribution in [2.75, 3.05) is 26.4 Å². The number of ether oxygens (including phenoxy) is 3. The molecule has 0 aromatic heterocycles. The van der Waals surface area contributed by atoms with Crippen molar-refractivity contribution in [2.24, 2.45) is 0 Å². The van der Waals surface area contributed by atoms with Gasteiger partial charge in [-0.2, -0.15) is 0 Å². The minimum absolute atomic E-state index is 0.00998. The monoisotopic (exact) mass is 428 g/mol. The van der Waals surface area contributed by atoms with Gasteiger partial charge in [-0.15, -0.1) is 0 Å². The standard InChI is InChI=1S/C24H32N2O5/c27-23-15-31-21-6-2-1-4-18(21)16-7-9-17(10-8-16)30-14-20-19(5-3-12-26(20)23)25-24(28)22-11-13-29-22/h1-2,4,6,16-17,19-20,22H,3,5,7-15H2,(H,25,28)/t16?,17?,19-,20-,22?/m0/s1. The Bertz CT molecular complexity index is 803. The van der Waals surface area contributed by atoms with Gasteiger partial charge in [0.1, 0.15) is 11.9 Å². The minimum Gasteiger partial charge on any atom is -0.483 e. The van der Waals surface area contributed by atoms with Crippen LogP contribution in [0, 0.1) is 0 Å². The fourth-order valence-electron chi connectivity index (χ4n) is 5.41. The largest absolute Gasteiger partial charge is 0.483 e. The van der Waals surface area contributed by atoms with E-state index in [1.807, 2.05) is 23.1 Å². The van der Waals surface area contributed by atoms with Crippen LogP contribution in [0.15, 0.2) is 24.3 Å². The molecule has 2 amide bonds. The van der Waals surface area contributed by atoms with E-state index in [0.29, 0.717) is 25.7 Å². The lowest BCUT2D eigenvalue weighted by Crippen LogP contribution is -2.61. The van der Waals surface area contributed by atoms with Crippen molar-refractivity contribution in [3.8, 4) is 5.75 Å². The lowest BCUT2D eigenvalue weighted by molar-refractivity contribution is -0.149. The third-order valence-corrected chi connectivity index (χ3v) is 7.31. The maximum absolute atomic E-state index is 13.2. The van der Waals surface area contributed by atoms with E-state index >= 15 is 0 Å². The first-order valence-electron chi connectivity index (χ1n) is 11.7. The van der Waals surface area contributed by atoms with E-state index in [1.54, 1.807) is 0 Å². The molecule has 1 aliphatic carbocycles. The second-order valence-corrected chi connectivity index (χ2v) is 9.19. The first-order valence-corrected chi connectivity index (χ1v) is 11.7. The molecule has 4 heterocycles. The van der Waals surface area contributed by atoms with Gasteiger partial charge < -0.3 is 24.4 Å². The molecule has 3 fully saturated rings. The molecule has 5 aliphatic rings. The van der Waals surface area contributed by atoms with Crippen LogP contribution in [0.2, 0.25) is 0 Å². The fourth-order valence-corrected chi connectivity index (χ4v) is 5.41. The molecule has 7 heteroatoms. The van der Waals surface area contributed by atoms with Crippen LogP contribution < -0.4 is 10.1 Å². The average molecular weight is 429 g/mol. The SMILES string of the molecule is O=C(N[C@H]1CCCN2C(=O)COc3ccccc3C3CCC(CC3)OC[C@@H]12)C1CCO1. The summed E-state index contributed by atoms with van der Waals surface area (Å²) < 4.78 is 17.7. The van der Waals surface area contributed by atoms with Crippen LogP contribution >= 0.6 is 0 Å². The maximum Gasteiger partial charge on any atom is 0.260 e. The summed E-state index contributed by atoms with van der Waals surface area (Å²) in [6, 6.07) is 7.81. The number of carbonyl (C=O) groups excluding carboxylic acids is 2. The van der Waals surface area contributed by atoms with E-state index in [-0.39, 0.29) is 42.7 Å². The molecule has 31 heavy (non-hydrogen) atoms. The second kappa shape index (κ2) is 9.17. The Kier molecular flexibility index (Phi) is 6.14. The summed E-state index contributed by atoms with van der Waals surface area (Å²) in [5, 5.41) is 3.14. The van der Waals surface area contributed by atoms with Crippen molar-refractivity contribution < 1.29 is 23.8 Å². The first kappa shape index (κ1) is 20.8. The number of amides is 2. The molecule has 1 aromatic carbocycles. The zero-order valence-corrected chi connectivity index (χ0v) is 18.0. The van der Waals surface area contributed by atoms with E-state index in [2.05, 4.69) is 11.4 Å². The number of hydrogen-bond acceptors (Lipinski definition) is 5. The molecule has 3 atom stereocenters. The summed E-state index contributed by atoms with van der Waals surface area (Å²) in [4.78, 5) is 27.6. The van der Waals surface area contributed by atoms with Gasteiger partial charge in [-0.05, 0) is 56.1 Å². The quantitative estimate of drug-likeness (QED) is 0.783. The minimum atomic E-state index is -0.350. The van der Waals surface area contributed by atoms with Crippen molar-refractivity contribution in [2.45, 2.75) is 75.2 Å². The number of nitrogens with zero attached hydrogens (tertiary/aromatic N) is 1. The first-order chi connectivity index (χ1) is 15.2. The van der Waals surface area contributed by atoms with Gasteiger partial charge in [-0.25, -0.2) is 0 Å². The number of carbonyl (C=O) groups is 2. The van der Waals surface area contributed by atoms with Gasteiger partial charge in [0, 0.05) is 13.0 Å². The molecule has 1 unspecified atom stereocenters. The second-order valence-electron chi connectivity index (χ2n) is 9.19. The molecule has 1 aromatic rings. The van der Waals surface area contributed by atoms with Crippen molar-refractivity contribution >= 4 is 11.8 Å². The molecule has 2 bridgehead atoms. The predicted octanol–water partition coefficient (Wildman–Crippen LogP) is 2.39. The van der Waals surface area contributed by atoms with Crippen LogP contribution in [0.4, 0.5) is 0 Å². The molecule has 2 saturated heterocycles. The van der Waals surface area contributed by atoms with Crippen molar-refractivity contribution in [3.05, 3.63) is 29.8 Å². The van der Waals surface area contributed by atoms with Crippen LogP contribution in [0.25, 0.3) is 0 Å². The third-order valence-electron chi connectivity index (χ3n) is 7.31. The summed E-state index contributed by atoms with van der Waals surface area (Å²) in [5.41, 5.74) is 1.20. The number of piperidine rings is 1. The highest BCUT2D eigenvalue weighted by Gasteiger charge is 2.38. The molecular weight excluding hydrogens is 396 g/mol. The molecule has 0 radical (unpaired) electrons. The van der Waals surface area contributed by atoms with Gasteiger partial charge in [0.05, 0.1) is 31.4 Å². The van der Waals surface area contributed by atoms with Crippen LogP contribution in [0.5, 0.6) is 5.75 Å². The van der Waals surface area contributed by atoms with Crippen LogP contribution in [0.1, 0.15) is 56.4 Å². The maximum atomic E-state index is 13.2.